The van der Waals surface area contributed by atoms with Gasteiger partial charge >= 0.3 is 5.97 Å². The summed E-state index contributed by atoms with van der Waals surface area (Å²) in [6.45, 7) is 0. The molecule has 1 heterocycles. The Kier molecular flexibility index (Phi) is 4.77. The van der Waals surface area contributed by atoms with Crippen LogP contribution in [-0.2, 0) is 4.74 Å². The number of pyridine rings is 1. The van der Waals surface area contributed by atoms with Crippen molar-refractivity contribution in [2.24, 2.45) is 0 Å². The maximum absolute atomic E-state index is 13.1. The van der Waals surface area contributed by atoms with Gasteiger partial charge in [-0.2, -0.15) is 0 Å². The molecule has 0 bridgehead atoms. The number of carbonyl (C=O) groups is 2. The van der Waals surface area contributed by atoms with Crippen LogP contribution in [0.25, 0.3) is 10.9 Å². The zero-order chi connectivity index (χ0) is 18.8. The first-order valence-electron chi connectivity index (χ1n) is 7.58. The van der Waals surface area contributed by atoms with Gasteiger partial charge in [0.25, 0.3) is 5.91 Å². The number of esters is 1. The van der Waals surface area contributed by atoms with E-state index in [1.807, 2.05) is 0 Å². The molecule has 0 amide bonds. The highest BCUT2D eigenvalue weighted by Gasteiger charge is 2.22. The Balaban J connectivity index is 2.34. The average Bonchev–Trinajstić information content (AvgIpc) is 2.67. The molecule has 0 aliphatic heterocycles. The molecule has 0 atom stereocenters. The fraction of sp³-hybridized carbons (Fsp3) is 0.105. The summed E-state index contributed by atoms with van der Waals surface area (Å²) in [6, 6.07) is 12.0. The van der Waals surface area contributed by atoms with Crippen LogP contribution >= 0.6 is 11.6 Å². The zero-order valence-electron chi connectivity index (χ0n) is 14.0. The highest BCUT2D eigenvalue weighted by Crippen LogP contribution is 2.22. The van der Waals surface area contributed by atoms with Gasteiger partial charge in [0.15, 0.2) is 5.43 Å². The topological polar surface area (TPSA) is 74.6 Å². The lowest BCUT2D eigenvalue weighted by Crippen LogP contribution is -2.24. The van der Waals surface area contributed by atoms with Gasteiger partial charge in [-0.1, -0.05) is 11.6 Å². The molecule has 0 spiro atoms. The van der Waals surface area contributed by atoms with Crippen molar-refractivity contribution in [2.75, 3.05) is 14.2 Å². The van der Waals surface area contributed by atoms with Gasteiger partial charge < -0.3 is 9.47 Å². The number of carbonyl (C=O) groups excluding carboxylic acids is 2. The van der Waals surface area contributed by atoms with Crippen molar-refractivity contribution in [1.82, 2.24) is 4.57 Å². The first kappa shape index (κ1) is 17.7. The van der Waals surface area contributed by atoms with E-state index in [4.69, 9.17) is 21.1 Å². The number of fused-ring (bicyclic) bond motifs is 1. The zero-order valence-corrected chi connectivity index (χ0v) is 14.7. The largest absolute Gasteiger partial charge is 0.497 e. The summed E-state index contributed by atoms with van der Waals surface area (Å²) in [5.41, 5.74) is 0.00791. The van der Waals surface area contributed by atoms with Crippen LogP contribution in [0, 0.1) is 0 Å². The number of ether oxygens (including phenoxy) is 2. The van der Waals surface area contributed by atoms with E-state index >= 15 is 0 Å². The number of rotatable bonds is 3. The predicted octanol–water partition coefficient (Wildman–Crippen LogP) is 3.14. The minimum Gasteiger partial charge on any atom is -0.497 e. The number of halogens is 1. The molecule has 0 saturated carbocycles. The van der Waals surface area contributed by atoms with Crippen molar-refractivity contribution < 1.29 is 19.1 Å². The van der Waals surface area contributed by atoms with Crippen molar-refractivity contribution >= 4 is 34.4 Å². The molecular formula is C19H14ClNO5. The maximum atomic E-state index is 13.1. The van der Waals surface area contributed by atoms with Crippen LogP contribution in [0.3, 0.4) is 0 Å². The standard InChI is InChI=1S/C19H14ClNO5/c1-25-13-7-8-15-14(9-13)17(22)10-16(19(24)26-2)21(15)18(23)11-3-5-12(20)6-4-11/h3-10H,1-2H3. The van der Waals surface area contributed by atoms with Crippen molar-refractivity contribution in [3.05, 3.63) is 75.0 Å². The van der Waals surface area contributed by atoms with Crippen LogP contribution < -0.4 is 10.2 Å². The normalized spacial score (nSPS) is 10.6. The molecule has 0 N–H and O–H groups in total. The molecule has 7 heteroatoms. The highest BCUT2D eigenvalue weighted by molar-refractivity contribution is 6.30. The Morgan fingerprint density at radius 2 is 1.69 bits per heavy atom. The second kappa shape index (κ2) is 7.01. The van der Waals surface area contributed by atoms with Crippen LogP contribution in [0.5, 0.6) is 5.75 Å². The van der Waals surface area contributed by atoms with Gasteiger partial charge in [-0.15, -0.1) is 0 Å². The molecule has 3 aromatic rings. The van der Waals surface area contributed by atoms with E-state index in [1.165, 1.54) is 20.3 Å². The molecule has 0 radical (unpaired) electrons. The predicted molar refractivity (Wildman–Crippen MR) is 97.3 cm³/mol. The Hall–Kier alpha value is -3.12. The van der Waals surface area contributed by atoms with Gasteiger partial charge in [0.05, 0.1) is 19.7 Å². The number of methoxy groups -OCH3 is 2. The highest BCUT2D eigenvalue weighted by atomic mass is 35.5. The smallest absolute Gasteiger partial charge is 0.355 e. The SMILES string of the molecule is COC(=O)c1cc(=O)c2cc(OC)ccc2n1C(=O)c1ccc(Cl)cc1. The number of hydrogen-bond acceptors (Lipinski definition) is 5. The Labute approximate surface area is 153 Å². The first-order valence-corrected chi connectivity index (χ1v) is 7.96. The molecular weight excluding hydrogens is 358 g/mol. The summed E-state index contributed by atoms with van der Waals surface area (Å²) in [5.74, 6) is -0.815. The van der Waals surface area contributed by atoms with Gasteiger partial charge in [-0.05, 0) is 42.5 Å². The van der Waals surface area contributed by atoms with Crippen molar-refractivity contribution in [1.29, 1.82) is 0 Å². The third-order valence-electron chi connectivity index (χ3n) is 3.91. The van der Waals surface area contributed by atoms with E-state index in [1.54, 1.807) is 36.4 Å². The molecule has 132 valence electrons. The summed E-state index contributed by atoms with van der Waals surface area (Å²) < 4.78 is 11.0. The summed E-state index contributed by atoms with van der Waals surface area (Å²) >= 11 is 5.87. The van der Waals surface area contributed by atoms with Crippen molar-refractivity contribution in [3.8, 4) is 5.75 Å². The average molecular weight is 372 g/mol. The molecule has 0 unspecified atom stereocenters. The number of nitrogens with zero attached hydrogens (tertiary/aromatic N) is 1. The van der Waals surface area contributed by atoms with Gasteiger partial charge in [-0.25, -0.2) is 4.79 Å². The molecule has 2 aromatic carbocycles. The Morgan fingerprint density at radius 1 is 1.00 bits per heavy atom. The van der Waals surface area contributed by atoms with E-state index in [0.29, 0.717) is 16.3 Å². The lowest BCUT2D eigenvalue weighted by molar-refractivity contribution is 0.0583. The molecule has 26 heavy (non-hydrogen) atoms. The summed E-state index contributed by atoms with van der Waals surface area (Å²) in [5, 5.41) is 0.726. The van der Waals surface area contributed by atoms with Crippen LogP contribution in [0.2, 0.25) is 5.02 Å². The van der Waals surface area contributed by atoms with Gasteiger partial charge in [-0.3, -0.25) is 14.2 Å². The number of benzene rings is 2. The van der Waals surface area contributed by atoms with E-state index in [-0.39, 0.29) is 16.6 Å². The summed E-state index contributed by atoms with van der Waals surface area (Å²) in [6.07, 6.45) is 0. The van der Waals surface area contributed by atoms with Gasteiger partial charge in [0, 0.05) is 22.0 Å². The molecule has 6 nitrogen and oxygen atoms in total. The van der Waals surface area contributed by atoms with Gasteiger partial charge in [0.2, 0.25) is 0 Å². The second-order valence-electron chi connectivity index (χ2n) is 5.42. The maximum Gasteiger partial charge on any atom is 0.355 e. The quantitative estimate of drug-likeness (QED) is 0.661. The first-order chi connectivity index (χ1) is 12.5. The third-order valence-corrected chi connectivity index (χ3v) is 4.16. The minimum atomic E-state index is -0.790. The number of hydrogen-bond donors (Lipinski definition) is 0. The monoisotopic (exact) mass is 371 g/mol. The van der Waals surface area contributed by atoms with Crippen LogP contribution in [0.15, 0.2) is 53.3 Å². The Morgan fingerprint density at radius 3 is 2.31 bits per heavy atom. The molecule has 1 aromatic heterocycles. The summed E-state index contributed by atoms with van der Waals surface area (Å²) in [4.78, 5) is 37.7. The summed E-state index contributed by atoms with van der Waals surface area (Å²) in [7, 11) is 2.66. The molecule has 0 aliphatic carbocycles. The van der Waals surface area contributed by atoms with Crippen molar-refractivity contribution in [3.63, 3.8) is 0 Å². The lowest BCUT2D eigenvalue weighted by Gasteiger charge is -2.15. The van der Waals surface area contributed by atoms with Crippen LogP contribution in [0.1, 0.15) is 20.8 Å². The van der Waals surface area contributed by atoms with E-state index in [2.05, 4.69) is 0 Å². The molecule has 0 fully saturated rings. The van der Waals surface area contributed by atoms with Gasteiger partial charge in [0.1, 0.15) is 11.4 Å². The molecule has 0 aliphatic rings. The number of aromatic nitrogens is 1. The van der Waals surface area contributed by atoms with E-state index in [9.17, 15) is 14.4 Å². The van der Waals surface area contributed by atoms with E-state index in [0.717, 1.165) is 10.6 Å². The minimum absolute atomic E-state index is 0.157. The van der Waals surface area contributed by atoms with Crippen LogP contribution in [0.4, 0.5) is 0 Å². The second-order valence-corrected chi connectivity index (χ2v) is 5.85. The lowest BCUT2D eigenvalue weighted by atomic mass is 10.1. The fourth-order valence-electron chi connectivity index (χ4n) is 2.63. The van der Waals surface area contributed by atoms with Crippen molar-refractivity contribution in [2.45, 2.75) is 0 Å². The molecule has 0 saturated heterocycles. The van der Waals surface area contributed by atoms with E-state index < -0.39 is 17.3 Å². The fourth-order valence-corrected chi connectivity index (χ4v) is 2.75. The molecule has 3 rings (SSSR count). The third kappa shape index (κ3) is 3.07. The Bertz CT molecular complexity index is 1070. The van der Waals surface area contributed by atoms with Crippen LogP contribution in [-0.4, -0.2) is 30.7 Å².